The van der Waals surface area contributed by atoms with Crippen LogP contribution in [0, 0.1) is 0 Å². The largest absolute Gasteiger partial charge is 0.335 e. The van der Waals surface area contributed by atoms with Crippen LogP contribution in [0.15, 0.2) is 42.9 Å². The van der Waals surface area contributed by atoms with Gasteiger partial charge in [0.25, 0.3) is 11.8 Å². The van der Waals surface area contributed by atoms with Crippen LogP contribution < -0.4 is 0 Å². The number of piperazine rings is 1. The van der Waals surface area contributed by atoms with Crippen LogP contribution in [0.1, 0.15) is 20.8 Å². The number of carbonyl (C=O) groups excluding carboxylic acids is 2. The first-order valence-corrected chi connectivity index (χ1v) is 7.63. The lowest BCUT2D eigenvalue weighted by atomic mass is 10.2. The van der Waals surface area contributed by atoms with Crippen molar-refractivity contribution >= 4 is 23.4 Å². The number of rotatable bonds is 2. The van der Waals surface area contributed by atoms with E-state index in [1.807, 2.05) is 0 Å². The van der Waals surface area contributed by atoms with Crippen LogP contribution in [0.4, 0.5) is 0 Å². The number of halogens is 1. The zero-order valence-corrected chi connectivity index (χ0v) is 13.1. The Labute approximate surface area is 138 Å². The van der Waals surface area contributed by atoms with Gasteiger partial charge in [0.15, 0.2) is 0 Å². The standard InChI is InChI=1S/C16H15ClN4O2/c17-13-3-1-2-12(10-13)15(22)20-6-8-21(9-7-20)16(23)14-11-18-4-5-19-14/h1-5,10-11H,6-9H2. The zero-order chi connectivity index (χ0) is 16.2. The van der Waals surface area contributed by atoms with Gasteiger partial charge in [-0.05, 0) is 18.2 Å². The molecular weight excluding hydrogens is 316 g/mol. The molecule has 2 heterocycles. The minimum absolute atomic E-state index is 0.0703. The van der Waals surface area contributed by atoms with Crippen molar-refractivity contribution in [3.8, 4) is 0 Å². The van der Waals surface area contributed by atoms with E-state index in [9.17, 15) is 9.59 Å². The van der Waals surface area contributed by atoms with E-state index in [-0.39, 0.29) is 11.8 Å². The molecule has 1 aliphatic heterocycles. The van der Waals surface area contributed by atoms with Crippen LogP contribution in [0.25, 0.3) is 0 Å². The Kier molecular flexibility index (Phi) is 4.52. The number of hydrogen-bond acceptors (Lipinski definition) is 4. The lowest BCUT2D eigenvalue weighted by Gasteiger charge is -2.34. The molecule has 1 aliphatic rings. The van der Waals surface area contributed by atoms with Crippen molar-refractivity contribution in [3.63, 3.8) is 0 Å². The second-order valence-electron chi connectivity index (χ2n) is 5.19. The van der Waals surface area contributed by atoms with E-state index < -0.39 is 0 Å². The molecule has 0 spiro atoms. The molecule has 2 aromatic rings. The normalized spacial score (nSPS) is 14.7. The molecule has 0 N–H and O–H groups in total. The summed E-state index contributed by atoms with van der Waals surface area (Å²) in [6, 6.07) is 6.88. The van der Waals surface area contributed by atoms with Gasteiger partial charge in [0.1, 0.15) is 5.69 Å². The molecule has 0 aliphatic carbocycles. The fraction of sp³-hybridized carbons (Fsp3) is 0.250. The van der Waals surface area contributed by atoms with Crippen molar-refractivity contribution in [1.29, 1.82) is 0 Å². The SMILES string of the molecule is O=C(c1cccc(Cl)c1)N1CCN(C(=O)c2cnccn2)CC1. The zero-order valence-electron chi connectivity index (χ0n) is 12.4. The Balaban J connectivity index is 1.62. The van der Waals surface area contributed by atoms with Gasteiger partial charge in [-0.2, -0.15) is 0 Å². The van der Waals surface area contributed by atoms with Crippen LogP contribution in [0.2, 0.25) is 5.02 Å². The molecule has 1 aromatic carbocycles. The minimum atomic E-state index is -0.159. The van der Waals surface area contributed by atoms with Crippen molar-refractivity contribution < 1.29 is 9.59 Å². The predicted molar refractivity (Wildman–Crippen MR) is 85.3 cm³/mol. The lowest BCUT2D eigenvalue weighted by Crippen LogP contribution is -2.50. The summed E-state index contributed by atoms with van der Waals surface area (Å²) in [4.78, 5) is 36.1. The molecule has 0 radical (unpaired) electrons. The molecular formula is C16H15ClN4O2. The molecule has 2 amide bonds. The highest BCUT2D eigenvalue weighted by Gasteiger charge is 2.26. The van der Waals surface area contributed by atoms with Gasteiger partial charge in [0.2, 0.25) is 0 Å². The van der Waals surface area contributed by atoms with Crippen molar-refractivity contribution in [2.75, 3.05) is 26.2 Å². The highest BCUT2D eigenvalue weighted by atomic mass is 35.5. The van der Waals surface area contributed by atoms with Crippen molar-refractivity contribution in [3.05, 3.63) is 59.1 Å². The van der Waals surface area contributed by atoms with Gasteiger partial charge in [-0.3, -0.25) is 14.6 Å². The van der Waals surface area contributed by atoms with Gasteiger partial charge >= 0.3 is 0 Å². The van der Waals surface area contributed by atoms with E-state index >= 15 is 0 Å². The number of benzene rings is 1. The smallest absolute Gasteiger partial charge is 0.274 e. The second kappa shape index (κ2) is 6.75. The van der Waals surface area contributed by atoms with Gasteiger partial charge in [-0.25, -0.2) is 4.98 Å². The molecule has 1 aromatic heterocycles. The quantitative estimate of drug-likeness (QED) is 0.841. The molecule has 118 valence electrons. The molecule has 6 nitrogen and oxygen atoms in total. The Morgan fingerprint density at radius 1 is 1.00 bits per heavy atom. The number of aromatic nitrogens is 2. The third-order valence-corrected chi connectivity index (χ3v) is 3.94. The van der Waals surface area contributed by atoms with Gasteiger partial charge < -0.3 is 9.80 Å². The first-order valence-electron chi connectivity index (χ1n) is 7.25. The van der Waals surface area contributed by atoms with Crippen LogP contribution >= 0.6 is 11.6 Å². The second-order valence-corrected chi connectivity index (χ2v) is 5.62. The summed E-state index contributed by atoms with van der Waals surface area (Å²) in [6.07, 6.45) is 4.47. The maximum Gasteiger partial charge on any atom is 0.274 e. The van der Waals surface area contributed by atoms with Crippen molar-refractivity contribution in [2.45, 2.75) is 0 Å². The van der Waals surface area contributed by atoms with Gasteiger partial charge in [-0.1, -0.05) is 17.7 Å². The summed E-state index contributed by atoms with van der Waals surface area (Å²) >= 11 is 5.92. The van der Waals surface area contributed by atoms with Crippen LogP contribution in [-0.4, -0.2) is 57.8 Å². The third-order valence-electron chi connectivity index (χ3n) is 3.71. The monoisotopic (exact) mass is 330 g/mol. The maximum absolute atomic E-state index is 12.4. The number of amides is 2. The summed E-state index contributed by atoms with van der Waals surface area (Å²) in [5.41, 5.74) is 0.883. The molecule has 3 rings (SSSR count). The molecule has 1 saturated heterocycles. The molecule has 7 heteroatoms. The average Bonchev–Trinajstić information content (AvgIpc) is 2.61. The summed E-state index contributed by atoms with van der Waals surface area (Å²) < 4.78 is 0. The van der Waals surface area contributed by atoms with E-state index in [2.05, 4.69) is 9.97 Å². The molecule has 0 atom stereocenters. The summed E-state index contributed by atoms with van der Waals surface area (Å²) in [5, 5.41) is 0.535. The van der Waals surface area contributed by atoms with Gasteiger partial charge in [-0.15, -0.1) is 0 Å². The van der Waals surface area contributed by atoms with E-state index in [0.717, 1.165) is 0 Å². The molecule has 0 unspecified atom stereocenters. The number of nitrogens with zero attached hydrogens (tertiary/aromatic N) is 4. The Bertz CT molecular complexity index is 715. The van der Waals surface area contributed by atoms with E-state index in [1.54, 1.807) is 34.1 Å². The van der Waals surface area contributed by atoms with E-state index in [1.165, 1.54) is 18.6 Å². The minimum Gasteiger partial charge on any atom is -0.335 e. The molecule has 1 fully saturated rings. The molecule has 0 saturated carbocycles. The fourth-order valence-corrected chi connectivity index (χ4v) is 2.68. The Morgan fingerprint density at radius 2 is 1.70 bits per heavy atom. The van der Waals surface area contributed by atoms with Crippen LogP contribution in [0.5, 0.6) is 0 Å². The first-order chi connectivity index (χ1) is 11.1. The fourth-order valence-electron chi connectivity index (χ4n) is 2.49. The molecule has 23 heavy (non-hydrogen) atoms. The Morgan fingerprint density at radius 3 is 2.30 bits per heavy atom. The Hall–Kier alpha value is -2.47. The average molecular weight is 331 g/mol. The lowest BCUT2D eigenvalue weighted by molar-refractivity contribution is 0.0532. The highest BCUT2D eigenvalue weighted by Crippen LogP contribution is 2.14. The summed E-state index contributed by atoms with van der Waals surface area (Å²) in [6.45, 7) is 1.91. The third kappa shape index (κ3) is 3.48. The van der Waals surface area contributed by atoms with Crippen molar-refractivity contribution in [2.24, 2.45) is 0 Å². The van der Waals surface area contributed by atoms with E-state index in [4.69, 9.17) is 11.6 Å². The maximum atomic E-state index is 12.4. The van der Waals surface area contributed by atoms with Crippen LogP contribution in [-0.2, 0) is 0 Å². The summed E-state index contributed by atoms with van der Waals surface area (Å²) in [5.74, 6) is -0.230. The van der Waals surface area contributed by atoms with E-state index in [0.29, 0.717) is 42.5 Å². The summed E-state index contributed by atoms with van der Waals surface area (Å²) in [7, 11) is 0. The highest BCUT2D eigenvalue weighted by molar-refractivity contribution is 6.30. The number of hydrogen-bond donors (Lipinski definition) is 0. The number of carbonyl (C=O) groups is 2. The predicted octanol–water partition coefficient (Wildman–Crippen LogP) is 1.73. The van der Waals surface area contributed by atoms with Crippen molar-refractivity contribution in [1.82, 2.24) is 19.8 Å². The topological polar surface area (TPSA) is 66.4 Å². The van der Waals surface area contributed by atoms with Crippen LogP contribution in [0.3, 0.4) is 0 Å². The molecule has 0 bridgehead atoms. The van der Waals surface area contributed by atoms with Gasteiger partial charge in [0, 0.05) is 49.2 Å². The first kappa shape index (κ1) is 15.4. The van der Waals surface area contributed by atoms with Gasteiger partial charge in [0.05, 0.1) is 6.20 Å².